The third-order valence-corrected chi connectivity index (χ3v) is 5.64. The molecule has 0 saturated heterocycles. The highest BCUT2D eigenvalue weighted by Crippen LogP contribution is 2.31. The van der Waals surface area contributed by atoms with Crippen molar-refractivity contribution in [3.8, 4) is 11.5 Å². The van der Waals surface area contributed by atoms with E-state index < -0.39 is 23.3 Å². The molecule has 8 heteroatoms. The van der Waals surface area contributed by atoms with Crippen LogP contribution in [0.1, 0.15) is 34.0 Å². The summed E-state index contributed by atoms with van der Waals surface area (Å²) in [6.45, 7) is 2.08. The minimum absolute atomic E-state index is 0.171. The first-order valence-electron chi connectivity index (χ1n) is 11.8. The van der Waals surface area contributed by atoms with Gasteiger partial charge in [0.25, 0.3) is 5.91 Å². The molecule has 0 saturated carbocycles. The molecule has 4 aromatic rings. The second-order valence-corrected chi connectivity index (χ2v) is 8.18. The molecule has 2 N–H and O–H groups in total. The van der Waals surface area contributed by atoms with Crippen molar-refractivity contribution in [1.29, 1.82) is 0 Å². The first-order valence-corrected chi connectivity index (χ1v) is 11.8. The van der Waals surface area contributed by atoms with E-state index in [9.17, 15) is 19.1 Å². The second kappa shape index (κ2) is 11.9. The third-order valence-electron chi connectivity index (χ3n) is 5.64. The number of hydrogen-bond donors (Lipinski definition) is 2. The Kier molecular flexibility index (Phi) is 8.25. The van der Waals surface area contributed by atoms with Crippen molar-refractivity contribution >= 4 is 18.1 Å². The topological polar surface area (TPSA) is 97.2 Å². The van der Waals surface area contributed by atoms with Crippen LogP contribution in [0.5, 0.6) is 11.5 Å². The zero-order valence-corrected chi connectivity index (χ0v) is 20.5. The van der Waals surface area contributed by atoms with Gasteiger partial charge in [-0.05, 0) is 66.1 Å². The largest absolute Gasteiger partial charge is 0.490 e. The number of carbonyl (C=O) groups is 2. The van der Waals surface area contributed by atoms with Crippen LogP contribution >= 0.6 is 0 Å². The molecule has 0 aliphatic heterocycles. The van der Waals surface area contributed by atoms with E-state index in [1.807, 2.05) is 0 Å². The molecule has 0 aliphatic carbocycles. The number of halogens is 1. The molecule has 1 amide bonds. The Morgan fingerprint density at radius 2 is 1.50 bits per heavy atom. The van der Waals surface area contributed by atoms with Gasteiger partial charge in [-0.15, -0.1) is 0 Å². The molecule has 0 fully saturated rings. The Morgan fingerprint density at radius 1 is 0.895 bits per heavy atom. The molecular weight excluding hydrogens is 487 g/mol. The number of hydrazone groups is 1. The van der Waals surface area contributed by atoms with E-state index in [4.69, 9.17) is 9.47 Å². The number of nitrogens with zero attached hydrogens (tertiary/aromatic N) is 1. The molecular formula is C30H25FN2O5. The molecule has 0 radical (unpaired) electrons. The number of ether oxygens (including phenoxy) is 2. The SMILES string of the molecule is CCOc1cc(/C=N\NC(=O)C(O)(c2ccccc2)c2ccccc2)ccc1OC(=O)c1ccc(F)cc1. The zero-order chi connectivity index (χ0) is 27.0. The summed E-state index contributed by atoms with van der Waals surface area (Å²) in [5.41, 5.74) is 1.97. The Bertz CT molecular complexity index is 1380. The van der Waals surface area contributed by atoms with E-state index in [0.29, 0.717) is 23.3 Å². The fourth-order valence-corrected chi connectivity index (χ4v) is 3.74. The number of hydrogen-bond acceptors (Lipinski definition) is 6. The van der Waals surface area contributed by atoms with Crippen LogP contribution in [-0.4, -0.2) is 29.8 Å². The molecule has 0 aliphatic rings. The summed E-state index contributed by atoms with van der Waals surface area (Å²) in [5.74, 6) is -1.41. The van der Waals surface area contributed by atoms with Gasteiger partial charge < -0.3 is 14.6 Å². The lowest BCUT2D eigenvalue weighted by Crippen LogP contribution is -2.43. The maximum atomic E-state index is 13.2. The number of rotatable bonds is 9. The molecule has 192 valence electrons. The number of nitrogens with one attached hydrogen (secondary N) is 1. The number of carbonyl (C=O) groups excluding carboxylic acids is 2. The van der Waals surface area contributed by atoms with Gasteiger partial charge in [-0.1, -0.05) is 60.7 Å². The number of aliphatic hydroxyl groups is 1. The predicted octanol–water partition coefficient (Wildman–Crippen LogP) is 4.83. The van der Waals surface area contributed by atoms with Gasteiger partial charge in [-0.3, -0.25) is 4.79 Å². The van der Waals surface area contributed by atoms with Gasteiger partial charge in [-0.2, -0.15) is 5.10 Å². The van der Waals surface area contributed by atoms with Crippen molar-refractivity contribution in [3.63, 3.8) is 0 Å². The van der Waals surface area contributed by atoms with Crippen LogP contribution in [0.25, 0.3) is 0 Å². The van der Waals surface area contributed by atoms with Crippen LogP contribution in [0.15, 0.2) is 108 Å². The first kappa shape index (κ1) is 26.2. The molecule has 0 aromatic heterocycles. The summed E-state index contributed by atoms with van der Waals surface area (Å²) in [6.07, 6.45) is 1.38. The smallest absolute Gasteiger partial charge is 0.343 e. The van der Waals surface area contributed by atoms with Crippen molar-refractivity contribution in [3.05, 3.63) is 131 Å². The van der Waals surface area contributed by atoms with Gasteiger partial charge >= 0.3 is 5.97 Å². The van der Waals surface area contributed by atoms with Crippen molar-refractivity contribution in [2.75, 3.05) is 6.61 Å². The average molecular weight is 513 g/mol. The minimum atomic E-state index is -1.96. The van der Waals surface area contributed by atoms with Crippen LogP contribution < -0.4 is 14.9 Å². The van der Waals surface area contributed by atoms with Crippen LogP contribution in [0.4, 0.5) is 4.39 Å². The predicted molar refractivity (Wildman–Crippen MR) is 141 cm³/mol. The van der Waals surface area contributed by atoms with Gasteiger partial charge in [0.15, 0.2) is 17.1 Å². The zero-order valence-electron chi connectivity index (χ0n) is 20.5. The maximum Gasteiger partial charge on any atom is 0.343 e. The number of esters is 1. The summed E-state index contributed by atoms with van der Waals surface area (Å²) in [6, 6.07) is 26.9. The van der Waals surface area contributed by atoms with Crippen molar-refractivity contribution in [2.45, 2.75) is 12.5 Å². The Hall–Kier alpha value is -4.82. The highest BCUT2D eigenvalue weighted by Gasteiger charge is 2.39. The normalized spacial score (nSPS) is 11.2. The lowest BCUT2D eigenvalue weighted by atomic mass is 9.85. The van der Waals surface area contributed by atoms with Crippen LogP contribution in [0.2, 0.25) is 0 Å². The monoisotopic (exact) mass is 512 g/mol. The lowest BCUT2D eigenvalue weighted by Gasteiger charge is -2.27. The van der Waals surface area contributed by atoms with Crippen LogP contribution in [0.3, 0.4) is 0 Å². The van der Waals surface area contributed by atoms with Gasteiger partial charge in [0.1, 0.15) is 5.82 Å². The molecule has 0 spiro atoms. The second-order valence-electron chi connectivity index (χ2n) is 8.18. The van der Waals surface area contributed by atoms with Gasteiger partial charge in [0, 0.05) is 0 Å². The van der Waals surface area contributed by atoms with Crippen LogP contribution in [0, 0.1) is 5.82 Å². The van der Waals surface area contributed by atoms with Crippen LogP contribution in [-0.2, 0) is 10.4 Å². The highest BCUT2D eigenvalue weighted by molar-refractivity contribution is 5.92. The minimum Gasteiger partial charge on any atom is -0.490 e. The van der Waals surface area contributed by atoms with Crippen molar-refractivity contribution in [2.24, 2.45) is 5.10 Å². The van der Waals surface area contributed by atoms with E-state index >= 15 is 0 Å². The average Bonchev–Trinajstić information content (AvgIpc) is 2.95. The van der Waals surface area contributed by atoms with Gasteiger partial charge in [0.05, 0.1) is 18.4 Å². The number of benzene rings is 4. The summed E-state index contributed by atoms with van der Waals surface area (Å²) in [5, 5.41) is 15.5. The summed E-state index contributed by atoms with van der Waals surface area (Å²) >= 11 is 0. The van der Waals surface area contributed by atoms with E-state index in [0.717, 1.165) is 0 Å². The Labute approximate surface area is 219 Å². The number of amides is 1. The van der Waals surface area contributed by atoms with E-state index in [2.05, 4.69) is 10.5 Å². The third kappa shape index (κ3) is 5.93. The summed E-state index contributed by atoms with van der Waals surface area (Å²) in [4.78, 5) is 25.6. The van der Waals surface area contributed by atoms with Gasteiger partial charge in [-0.25, -0.2) is 14.6 Å². The molecule has 4 rings (SSSR count). The van der Waals surface area contributed by atoms with E-state index in [-0.39, 0.29) is 17.1 Å². The molecule has 4 aromatic carbocycles. The Morgan fingerprint density at radius 3 is 2.08 bits per heavy atom. The van der Waals surface area contributed by atoms with Crippen molar-refractivity contribution < 1.29 is 28.6 Å². The summed E-state index contributed by atoms with van der Waals surface area (Å²) in [7, 11) is 0. The maximum absolute atomic E-state index is 13.2. The quantitative estimate of drug-likeness (QED) is 0.145. The fraction of sp³-hybridized carbons (Fsp3) is 0.100. The highest BCUT2D eigenvalue weighted by atomic mass is 19.1. The molecule has 0 heterocycles. The van der Waals surface area contributed by atoms with Crippen molar-refractivity contribution in [1.82, 2.24) is 5.43 Å². The first-order chi connectivity index (χ1) is 18.4. The molecule has 0 bridgehead atoms. The van der Waals surface area contributed by atoms with E-state index in [1.54, 1.807) is 79.7 Å². The van der Waals surface area contributed by atoms with E-state index in [1.165, 1.54) is 36.5 Å². The Balaban J connectivity index is 1.52. The molecule has 38 heavy (non-hydrogen) atoms. The molecule has 0 unspecified atom stereocenters. The standard InChI is InChI=1S/C30H25FN2O5/c1-2-37-27-19-21(13-18-26(27)38-28(34)22-14-16-25(31)17-15-22)20-32-33-29(35)30(36,23-9-5-3-6-10-23)24-11-7-4-8-12-24/h3-20,36H,2H2,1H3,(H,33,35)/b32-20-. The molecule has 7 nitrogen and oxygen atoms in total. The fourth-order valence-electron chi connectivity index (χ4n) is 3.74. The van der Waals surface area contributed by atoms with Gasteiger partial charge in [0.2, 0.25) is 0 Å². The summed E-state index contributed by atoms with van der Waals surface area (Å²) < 4.78 is 24.2. The lowest BCUT2D eigenvalue weighted by molar-refractivity contribution is -0.136. The molecule has 0 atom stereocenters.